The van der Waals surface area contributed by atoms with Crippen LogP contribution in [-0.2, 0) is 16.0 Å². The Morgan fingerprint density at radius 1 is 0.766 bits per heavy atom. The summed E-state index contributed by atoms with van der Waals surface area (Å²) in [7, 11) is 0. The molecular weight excluding hydrogens is 605 g/mol. The number of ether oxygens (including phenoxy) is 3. The Labute approximate surface area is 279 Å². The number of hydrogen-bond donors (Lipinski definition) is 0. The van der Waals surface area contributed by atoms with Gasteiger partial charge in [0, 0.05) is 17.9 Å². The Bertz CT molecular complexity index is 1520. The van der Waals surface area contributed by atoms with E-state index in [1.54, 1.807) is 24.3 Å². The molecule has 0 aliphatic rings. The third-order valence-electron chi connectivity index (χ3n) is 8.70. The highest BCUT2D eigenvalue weighted by Gasteiger charge is 2.49. The number of fused-ring (bicyclic) bond motifs is 1. The van der Waals surface area contributed by atoms with E-state index in [-0.39, 0.29) is 33.9 Å². The van der Waals surface area contributed by atoms with Crippen molar-refractivity contribution >= 4 is 16.9 Å². The molecule has 0 bridgehead atoms. The standard InChI is InChI=1S/C39H55F3O5/c1-13-14-15-16-26-17-20-29(32(21-26)46-39(40,41)42)31-22-27-18-19-28(23-30(27)44-31)45-36(8,9)25-37(10,11)47-33(43)38(12,35(5,6)7)24-34(2,3)4/h17-23H,13-16,24-25H2,1-12H3. The summed E-state index contributed by atoms with van der Waals surface area (Å²) in [6.45, 7) is 24.3. The number of unbranched alkanes of at least 4 members (excludes halogenated alkanes) is 2. The van der Waals surface area contributed by atoms with E-state index in [9.17, 15) is 18.0 Å². The van der Waals surface area contributed by atoms with Crippen molar-refractivity contribution in [2.45, 2.75) is 139 Å². The van der Waals surface area contributed by atoms with Gasteiger partial charge >= 0.3 is 12.3 Å². The number of furan rings is 1. The number of carbonyl (C=O) groups excluding carboxylic acids is 1. The summed E-state index contributed by atoms with van der Waals surface area (Å²) < 4.78 is 63.2. The zero-order valence-corrected chi connectivity index (χ0v) is 30.5. The minimum atomic E-state index is -4.84. The molecule has 2 aromatic carbocycles. The van der Waals surface area contributed by atoms with Crippen LogP contribution in [0.4, 0.5) is 13.2 Å². The molecule has 8 heteroatoms. The van der Waals surface area contributed by atoms with Crippen LogP contribution >= 0.6 is 0 Å². The van der Waals surface area contributed by atoms with Gasteiger partial charge in [-0.1, -0.05) is 67.4 Å². The Balaban J connectivity index is 1.82. The van der Waals surface area contributed by atoms with E-state index < -0.39 is 23.0 Å². The van der Waals surface area contributed by atoms with Crippen LogP contribution in [0.15, 0.2) is 46.9 Å². The number of aryl methyl sites for hydroxylation is 1. The molecule has 0 N–H and O–H groups in total. The SMILES string of the molecule is CCCCCc1ccc(-c2cc3ccc(OC(C)(C)CC(C)(C)OC(=O)C(C)(CC(C)(C)C)C(C)(C)C)cc3o2)c(OC(F)(F)F)c1. The number of carbonyl (C=O) groups is 1. The van der Waals surface area contributed by atoms with Crippen LogP contribution in [0.2, 0.25) is 0 Å². The first kappa shape index (κ1) is 38.3. The second kappa shape index (κ2) is 13.8. The Hall–Kier alpha value is -3.16. The average Bonchev–Trinajstić information content (AvgIpc) is 3.28. The fourth-order valence-corrected chi connectivity index (χ4v) is 6.41. The van der Waals surface area contributed by atoms with Gasteiger partial charge in [0.1, 0.15) is 34.0 Å². The van der Waals surface area contributed by atoms with Gasteiger partial charge in [-0.15, -0.1) is 13.2 Å². The zero-order chi connectivity index (χ0) is 35.6. The maximum Gasteiger partial charge on any atom is 0.573 e. The van der Waals surface area contributed by atoms with Crippen molar-refractivity contribution in [3.63, 3.8) is 0 Å². The zero-order valence-electron chi connectivity index (χ0n) is 30.5. The highest BCUT2D eigenvalue weighted by atomic mass is 19.4. The molecule has 0 aliphatic carbocycles. The monoisotopic (exact) mass is 660 g/mol. The predicted octanol–water partition coefficient (Wildman–Crippen LogP) is 12.1. The van der Waals surface area contributed by atoms with Gasteiger partial charge in [-0.25, -0.2) is 0 Å². The summed E-state index contributed by atoms with van der Waals surface area (Å²) in [5, 5.41) is 0.713. The molecule has 262 valence electrons. The second-order valence-electron chi connectivity index (χ2n) is 16.7. The molecule has 0 fully saturated rings. The van der Waals surface area contributed by atoms with Gasteiger partial charge in [-0.05, 0) is 101 Å². The number of benzene rings is 2. The van der Waals surface area contributed by atoms with Crippen LogP contribution in [0.5, 0.6) is 11.5 Å². The van der Waals surface area contributed by atoms with Crippen molar-refractivity contribution in [3.05, 3.63) is 48.0 Å². The summed E-state index contributed by atoms with van der Waals surface area (Å²) in [5.74, 6) is 0.273. The van der Waals surface area contributed by atoms with Crippen molar-refractivity contribution in [1.82, 2.24) is 0 Å². The fourth-order valence-electron chi connectivity index (χ4n) is 6.41. The van der Waals surface area contributed by atoms with Gasteiger partial charge in [0.15, 0.2) is 0 Å². The summed E-state index contributed by atoms with van der Waals surface area (Å²) in [5.41, 5.74) is -1.18. The lowest BCUT2D eigenvalue weighted by atomic mass is 9.61. The molecule has 3 aromatic rings. The lowest BCUT2D eigenvalue weighted by Crippen LogP contribution is -2.48. The van der Waals surface area contributed by atoms with Gasteiger partial charge in [0.25, 0.3) is 0 Å². The van der Waals surface area contributed by atoms with E-state index in [0.29, 0.717) is 36.0 Å². The van der Waals surface area contributed by atoms with Crippen LogP contribution in [-0.4, -0.2) is 23.5 Å². The quantitative estimate of drug-likeness (QED) is 0.135. The first-order valence-electron chi connectivity index (χ1n) is 16.7. The molecule has 0 amide bonds. The maximum absolute atomic E-state index is 13.7. The number of hydrogen-bond acceptors (Lipinski definition) is 5. The topological polar surface area (TPSA) is 57.9 Å². The van der Waals surface area contributed by atoms with E-state index in [2.05, 4.69) is 53.2 Å². The molecule has 0 radical (unpaired) electrons. The van der Waals surface area contributed by atoms with E-state index in [1.165, 1.54) is 6.07 Å². The molecule has 1 unspecified atom stereocenters. The highest BCUT2D eigenvalue weighted by Crippen LogP contribution is 2.48. The van der Waals surface area contributed by atoms with Gasteiger partial charge in [0.05, 0.1) is 11.0 Å². The van der Waals surface area contributed by atoms with Gasteiger partial charge in [-0.2, -0.15) is 0 Å². The summed E-state index contributed by atoms with van der Waals surface area (Å²) in [4.78, 5) is 13.7. The first-order valence-corrected chi connectivity index (χ1v) is 16.7. The molecule has 1 aromatic heterocycles. The van der Waals surface area contributed by atoms with Crippen molar-refractivity contribution < 1.29 is 36.6 Å². The molecule has 0 spiro atoms. The minimum absolute atomic E-state index is 0.0669. The largest absolute Gasteiger partial charge is 0.573 e. The van der Waals surface area contributed by atoms with Gasteiger partial charge < -0.3 is 18.6 Å². The molecule has 47 heavy (non-hydrogen) atoms. The van der Waals surface area contributed by atoms with E-state index in [1.807, 2.05) is 46.8 Å². The lowest BCUT2D eigenvalue weighted by Gasteiger charge is -2.45. The minimum Gasteiger partial charge on any atom is -0.488 e. The van der Waals surface area contributed by atoms with Crippen LogP contribution in [0, 0.1) is 16.2 Å². The van der Waals surface area contributed by atoms with Crippen molar-refractivity contribution in [3.8, 4) is 22.8 Å². The van der Waals surface area contributed by atoms with Gasteiger partial charge in [-0.3, -0.25) is 4.79 Å². The maximum atomic E-state index is 13.7. The van der Waals surface area contributed by atoms with Crippen LogP contribution in [0.1, 0.15) is 121 Å². The third kappa shape index (κ3) is 10.7. The van der Waals surface area contributed by atoms with Crippen LogP contribution in [0.25, 0.3) is 22.3 Å². The first-order chi connectivity index (χ1) is 21.3. The van der Waals surface area contributed by atoms with E-state index in [0.717, 1.165) is 24.8 Å². The van der Waals surface area contributed by atoms with Crippen LogP contribution < -0.4 is 9.47 Å². The predicted molar refractivity (Wildman–Crippen MR) is 183 cm³/mol. The lowest BCUT2D eigenvalue weighted by molar-refractivity contribution is -0.274. The molecule has 0 saturated carbocycles. The Kier molecular flexibility index (Phi) is 11.2. The van der Waals surface area contributed by atoms with E-state index >= 15 is 0 Å². The second-order valence-corrected chi connectivity index (χ2v) is 16.7. The Morgan fingerprint density at radius 3 is 2.00 bits per heavy atom. The smallest absolute Gasteiger partial charge is 0.488 e. The molecule has 0 saturated heterocycles. The van der Waals surface area contributed by atoms with Crippen molar-refractivity contribution in [2.75, 3.05) is 0 Å². The molecular formula is C39H55F3O5. The Morgan fingerprint density at radius 2 is 1.43 bits per heavy atom. The molecule has 3 rings (SSSR count). The highest BCUT2D eigenvalue weighted by molar-refractivity contribution is 5.85. The average molecular weight is 661 g/mol. The number of esters is 1. The van der Waals surface area contributed by atoms with Crippen molar-refractivity contribution in [2.24, 2.45) is 16.2 Å². The number of alkyl halides is 3. The normalized spacial score (nSPS) is 14.6. The van der Waals surface area contributed by atoms with Crippen molar-refractivity contribution in [1.29, 1.82) is 0 Å². The fraction of sp³-hybridized carbons (Fsp3) is 0.615. The van der Waals surface area contributed by atoms with E-state index in [4.69, 9.17) is 13.9 Å². The number of rotatable bonds is 13. The van der Waals surface area contributed by atoms with Gasteiger partial charge in [0.2, 0.25) is 0 Å². The number of halogens is 3. The third-order valence-corrected chi connectivity index (χ3v) is 8.70. The molecule has 0 aliphatic heterocycles. The molecule has 1 atom stereocenters. The molecule has 5 nitrogen and oxygen atoms in total. The summed E-state index contributed by atoms with van der Waals surface area (Å²) >= 11 is 0. The summed E-state index contributed by atoms with van der Waals surface area (Å²) in [6, 6.07) is 11.9. The van der Waals surface area contributed by atoms with Crippen LogP contribution in [0.3, 0.4) is 0 Å². The molecule has 1 heterocycles. The summed E-state index contributed by atoms with van der Waals surface area (Å²) in [6.07, 6.45) is -0.179.